The fourth-order valence-electron chi connectivity index (χ4n) is 1.89. The van der Waals surface area contributed by atoms with E-state index in [-0.39, 0.29) is 5.91 Å². The summed E-state index contributed by atoms with van der Waals surface area (Å²) in [6.07, 6.45) is 5.28. The van der Waals surface area contributed by atoms with Crippen LogP contribution in [-0.2, 0) is 4.79 Å². The Balaban J connectivity index is 2.04. The average Bonchev–Trinajstić information content (AvgIpc) is 2.75. The Morgan fingerprint density at radius 2 is 2.06 bits per heavy atom. The highest BCUT2D eigenvalue weighted by molar-refractivity contribution is 7.99. The molecule has 0 radical (unpaired) electrons. The molecule has 17 heavy (non-hydrogen) atoms. The monoisotopic (exact) mass is 259 g/mol. The highest BCUT2D eigenvalue weighted by Crippen LogP contribution is 2.28. The number of nitrogens with two attached hydrogens (primary N) is 1. The van der Waals surface area contributed by atoms with Gasteiger partial charge in [0, 0.05) is 17.5 Å². The van der Waals surface area contributed by atoms with E-state index in [1.54, 1.807) is 6.92 Å². The van der Waals surface area contributed by atoms with Crippen molar-refractivity contribution in [3.05, 3.63) is 0 Å². The van der Waals surface area contributed by atoms with Crippen molar-refractivity contribution in [1.29, 1.82) is 0 Å². The van der Waals surface area contributed by atoms with E-state index in [1.807, 2.05) is 11.8 Å². The van der Waals surface area contributed by atoms with Crippen molar-refractivity contribution in [2.24, 2.45) is 5.73 Å². The van der Waals surface area contributed by atoms with Crippen molar-refractivity contribution in [2.75, 3.05) is 12.3 Å². The van der Waals surface area contributed by atoms with E-state index in [0.717, 1.165) is 11.0 Å². The fraction of sp³-hybridized carbons (Fsp3) is 0.818. The number of carbonyl (C=O) groups is 2. The third-order valence-electron chi connectivity index (χ3n) is 2.81. The lowest BCUT2D eigenvalue weighted by Crippen LogP contribution is -2.47. The van der Waals surface area contributed by atoms with Gasteiger partial charge in [0.05, 0.1) is 0 Å². The molecule has 0 unspecified atom stereocenters. The van der Waals surface area contributed by atoms with Gasteiger partial charge in [-0.15, -0.1) is 0 Å². The number of urea groups is 1. The molecular formula is C11H21N3O2S. The highest BCUT2D eigenvalue weighted by Gasteiger charge is 2.16. The lowest BCUT2D eigenvalue weighted by molar-refractivity contribution is -0.122. The molecule has 4 N–H and O–H groups in total. The van der Waals surface area contributed by atoms with Gasteiger partial charge in [0.25, 0.3) is 0 Å². The number of primary amides is 1. The van der Waals surface area contributed by atoms with Crippen LogP contribution in [0.15, 0.2) is 0 Å². The van der Waals surface area contributed by atoms with Crippen LogP contribution in [0.2, 0.25) is 0 Å². The standard InChI is InChI=1S/C11H21N3O2S/c1-8(14-11(12)16)10(15)13-6-7-17-9-4-2-3-5-9/h8-9H,2-7H2,1H3,(H,13,15)(H3,12,14,16)/t8-/m0/s1. The fourth-order valence-corrected chi connectivity index (χ4v) is 3.11. The van der Waals surface area contributed by atoms with Gasteiger partial charge in [0.2, 0.25) is 5.91 Å². The zero-order chi connectivity index (χ0) is 12.7. The van der Waals surface area contributed by atoms with Crippen LogP contribution < -0.4 is 16.4 Å². The van der Waals surface area contributed by atoms with Crippen molar-refractivity contribution in [1.82, 2.24) is 10.6 Å². The molecule has 1 saturated carbocycles. The molecule has 0 aliphatic heterocycles. The maximum atomic E-state index is 11.5. The van der Waals surface area contributed by atoms with Crippen molar-refractivity contribution in [3.63, 3.8) is 0 Å². The lowest BCUT2D eigenvalue weighted by atomic mass is 10.3. The summed E-state index contributed by atoms with van der Waals surface area (Å²) in [6, 6.07) is -1.24. The van der Waals surface area contributed by atoms with Gasteiger partial charge >= 0.3 is 6.03 Å². The van der Waals surface area contributed by atoms with Crippen LogP contribution in [0, 0.1) is 0 Å². The van der Waals surface area contributed by atoms with Crippen LogP contribution in [0.1, 0.15) is 32.6 Å². The minimum absolute atomic E-state index is 0.184. The molecule has 1 aliphatic rings. The molecule has 1 aliphatic carbocycles. The number of carbonyl (C=O) groups excluding carboxylic acids is 2. The van der Waals surface area contributed by atoms with Gasteiger partial charge in [-0.25, -0.2) is 4.79 Å². The summed E-state index contributed by atoms with van der Waals surface area (Å²) in [5, 5.41) is 5.90. The number of hydrogen-bond acceptors (Lipinski definition) is 3. The van der Waals surface area contributed by atoms with Crippen LogP contribution in [-0.4, -0.2) is 35.5 Å². The molecular weight excluding hydrogens is 238 g/mol. The quantitative estimate of drug-likeness (QED) is 0.618. The Hall–Kier alpha value is -0.910. The summed E-state index contributed by atoms with van der Waals surface area (Å²) in [4.78, 5) is 22.0. The molecule has 0 heterocycles. The van der Waals surface area contributed by atoms with E-state index < -0.39 is 12.1 Å². The normalized spacial score (nSPS) is 17.7. The Morgan fingerprint density at radius 1 is 1.41 bits per heavy atom. The van der Waals surface area contributed by atoms with Gasteiger partial charge in [0.1, 0.15) is 6.04 Å². The number of rotatable bonds is 6. The Morgan fingerprint density at radius 3 is 2.65 bits per heavy atom. The largest absolute Gasteiger partial charge is 0.353 e. The van der Waals surface area contributed by atoms with E-state index in [0.29, 0.717) is 6.54 Å². The summed E-state index contributed by atoms with van der Waals surface area (Å²) in [6.45, 7) is 2.26. The van der Waals surface area contributed by atoms with E-state index in [9.17, 15) is 9.59 Å². The zero-order valence-corrected chi connectivity index (χ0v) is 11.0. The van der Waals surface area contributed by atoms with Crippen LogP contribution in [0.3, 0.4) is 0 Å². The van der Waals surface area contributed by atoms with Crippen molar-refractivity contribution < 1.29 is 9.59 Å². The van der Waals surface area contributed by atoms with Gasteiger partial charge in [-0.2, -0.15) is 11.8 Å². The zero-order valence-electron chi connectivity index (χ0n) is 10.2. The maximum Gasteiger partial charge on any atom is 0.312 e. The number of nitrogens with one attached hydrogen (secondary N) is 2. The molecule has 98 valence electrons. The summed E-state index contributed by atoms with van der Waals surface area (Å²) >= 11 is 1.92. The Labute approximate surface area is 106 Å². The first-order chi connectivity index (χ1) is 8.09. The van der Waals surface area contributed by atoms with E-state index in [1.165, 1.54) is 25.7 Å². The first kappa shape index (κ1) is 14.2. The second-order valence-corrected chi connectivity index (χ2v) is 5.71. The SMILES string of the molecule is C[C@H](NC(N)=O)C(=O)NCCSC1CCCC1. The van der Waals surface area contributed by atoms with Gasteiger partial charge in [0.15, 0.2) is 0 Å². The molecule has 0 aromatic heterocycles. The van der Waals surface area contributed by atoms with E-state index in [2.05, 4.69) is 10.6 Å². The molecule has 1 rings (SSSR count). The topological polar surface area (TPSA) is 84.2 Å². The molecule has 0 aromatic carbocycles. The number of thioether (sulfide) groups is 1. The molecule has 5 nitrogen and oxygen atoms in total. The summed E-state index contributed by atoms with van der Waals surface area (Å²) in [5.41, 5.74) is 4.93. The number of hydrogen-bond donors (Lipinski definition) is 3. The Kier molecular flexibility index (Phi) is 6.18. The molecule has 0 aromatic rings. The first-order valence-corrected chi connectivity index (χ1v) is 7.09. The van der Waals surface area contributed by atoms with Gasteiger partial charge in [-0.3, -0.25) is 4.79 Å². The van der Waals surface area contributed by atoms with Crippen molar-refractivity contribution in [2.45, 2.75) is 43.9 Å². The van der Waals surface area contributed by atoms with Crippen LogP contribution in [0.5, 0.6) is 0 Å². The first-order valence-electron chi connectivity index (χ1n) is 6.05. The average molecular weight is 259 g/mol. The molecule has 0 bridgehead atoms. The second-order valence-electron chi connectivity index (χ2n) is 4.30. The predicted molar refractivity (Wildman–Crippen MR) is 69.9 cm³/mol. The van der Waals surface area contributed by atoms with Crippen molar-refractivity contribution in [3.8, 4) is 0 Å². The Bertz CT molecular complexity index is 267. The van der Waals surface area contributed by atoms with Crippen LogP contribution in [0.25, 0.3) is 0 Å². The molecule has 0 spiro atoms. The van der Waals surface area contributed by atoms with E-state index >= 15 is 0 Å². The molecule has 1 fully saturated rings. The molecule has 1 atom stereocenters. The van der Waals surface area contributed by atoms with E-state index in [4.69, 9.17) is 5.73 Å². The summed E-state index contributed by atoms with van der Waals surface area (Å²) < 4.78 is 0. The van der Waals surface area contributed by atoms with Gasteiger partial charge in [-0.1, -0.05) is 12.8 Å². The predicted octanol–water partition coefficient (Wildman–Crippen LogP) is 0.835. The van der Waals surface area contributed by atoms with Crippen LogP contribution in [0.4, 0.5) is 4.79 Å². The summed E-state index contributed by atoms with van der Waals surface area (Å²) in [5.74, 6) is 0.746. The maximum absolute atomic E-state index is 11.5. The lowest BCUT2D eigenvalue weighted by Gasteiger charge is -2.13. The minimum Gasteiger partial charge on any atom is -0.353 e. The van der Waals surface area contributed by atoms with Gasteiger partial charge in [-0.05, 0) is 19.8 Å². The summed E-state index contributed by atoms with van der Waals surface area (Å²) in [7, 11) is 0. The highest BCUT2D eigenvalue weighted by atomic mass is 32.2. The van der Waals surface area contributed by atoms with Crippen molar-refractivity contribution >= 4 is 23.7 Å². The molecule has 0 saturated heterocycles. The third kappa shape index (κ3) is 5.81. The van der Waals surface area contributed by atoms with Gasteiger partial charge < -0.3 is 16.4 Å². The smallest absolute Gasteiger partial charge is 0.312 e. The minimum atomic E-state index is -0.673. The molecule has 3 amide bonds. The third-order valence-corrected chi connectivity index (χ3v) is 4.19. The second kappa shape index (κ2) is 7.42. The van der Waals surface area contributed by atoms with Crippen LogP contribution >= 0.6 is 11.8 Å². The number of amides is 3. The molecule has 6 heteroatoms.